The molecule has 144 valence electrons. The van der Waals surface area contributed by atoms with Crippen LogP contribution in [0.4, 0.5) is 0 Å². The zero-order valence-corrected chi connectivity index (χ0v) is 15.9. The zero-order chi connectivity index (χ0) is 19.9. The fourth-order valence-electron chi connectivity index (χ4n) is 2.61. The Morgan fingerprint density at radius 3 is 2.19 bits per heavy atom. The first kappa shape index (κ1) is 20.6. The average molecular weight is 389 g/mol. The number of benzene rings is 2. The van der Waals surface area contributed by atoms with Crippen LogP contribution in [-0.2, 0) is 32.3 Å². The highest BCUT2D eigenvalue weighted by Gasteiger charge is 2.19. The van der Waals surface area contributed by atoms with Gasteiger partial charge in [-0.05, 0) is 29.7 Å². The quantitative estimate of drug-likeness (QED) is 0.684. The monoisotopic (exact) mass is 389 g/mol. The Bertz CT molecular complexity index is 876. The molecule has 0 spiro atoms. The number of carbonyl (C=O) groups excluding carboxylic acids is 1. The molecule has 0 heterocycles. The Kier molecular flexibility index (Phi) is 7.12. The number of hydrogen-bond acceptors (Lipinski definition) is 4. The Morgan fingerprint density at radius 2 is 1.63 bits per heavy atom. The summed E-state index contributed by atoms with van der Waals surface area (Å²) in [6, 6.07) is 15.4. The fourth-order valence-corrected chi connectivity index (χ4v) is 3.50. The summed E-state index contributed by atoms with van der Waals surface area (Å²) in [7, 11) is -3.27. The van der Waals surface area contributed by atoms with Crippen molar-refractivity contribution in [2.45, 2.75) is 24.7 Å². The van der Waals surface area contributed by atoms with Gasteiger partial charge in [-0.25, -0.2) is 8.42 Å². The lowest BCUT2D eigenvalue weighted by Gasteiger charge is -2.13. The molecule has 0 bridgehead atoms. The topological polar surface area (TPSA) is 101 Å². The largest absolute Gasteiger partial charge is 0.481 e. The van der Waals surface area contributed by atoms with E-state index in [-0.39, 0.29) is 29.5 Å². The molecule has 2 aromatic rings. The molecule has 2 N–H and O–H groups in total. The Labute approximate surface area is 159 Å². The van der Waals surface area contributed by atoms with E-state index in [0.29, 0.717) is 12.0 Å². The van der Waals surface area contributed by atoms with Crippen molar-refractivity contribution in [1.29, 1.82) is 0 Å². The van der Waals surface area contributed by atoms with Crippen molar-refractivity contribution >= 4 is 21.7 Å². The van der Waals surface area contributed by atoms with Gasteiger partial charge in [0.1, 0.15) is 0 Å². The fraction of sp³-hybridized carbons (Fsp3) is 0.300. The van der Waals surface area contributed by atoms with Crippen molar-refractivity contribution in [3.05, 3.63) is 65.7 Å². The SMILES string of the molecule is CCS(=O)(=O)c1ccc(CC(=O)NCC(Cc2ccccc2)C(=O)O)cc1. The van der Waals surface area contributed by atoms with Gasteiger partial charge in [-0.15, -0.1) is 0 Å². The lowest BCUT2D eigenvalue weighted by molar-refractivity contribution is -0.141. The number of aliphatic carboxylic acids is 1. The van der Waals surface area contributed by atoms with Gasteiger partial charge in [0, 0.05) is 6.54 Å². The van der Waals surface area contributed by atoms with Crippen molar-refractivity contribution < 1.29 is 23.1 Å². The number of hydrogen-bond donors (Lipinski definition) is 2. The second kappa shape index (κ2) is 9.32. The normalized spacial score (nSPS) is 12.3. The summed E-state index contributed by atoms with van der Waals surface area (Å²) < 4.78 is 23.6. The summed E-state index contributed by atoms with van der Waals surface area (Å²) in [6.45, 7) is 1.61. The van der Waals surface area contributed by atoms with Gasteiger partial charge in [-0.1, -0.05) is 49.4 Å². The van der Waals surface area contributed by atoms with Crippen LogP contribution in [0.3, 0.4) is 0 Å². The van der Waals surface area contributed by atoms with Gasteiger partial charge in [-0.3, -0.25) is 9.59 Å². The third kappa shape index (κ3) is 6.21. The summed E-state index contributed by atoms with van der Waals surface area (Å²) in [5.41, 5.74) is 1.56. The minimum absolute atomic E-state index is 0.0187. The van der Waals surface area contributed by atoms with Gasteiger partial charge in [0.05, 0.1) is 23.0 Å². The van der Waals surface area contributed by atoms with Gasteiger partial charge < -0.3 is 10.4 Å². The lowest BCUT2D eigenvalue weighted by atomic mass is 9.99. The maximum Gasteiger partial charge on any atom is 0.308 e. The number of rotatable bonds is 9. The van der Waals surface area contributed by atoms with Gasteiger partial charge in [0.2, 0.25) is 5.91 Å². The van der Waals surface area contributed by atoms with Crippen LogP contribution in [0.15, 0.2) is 59.5 Å². The number of sulfone groups is 1. The van der Waals surface area contributed by atoms with Crippen LogP contribution in [0.5, 0.6) is 0 Å². The molecular formula is C20H23NO5S. The smallest absolute Gasteiger partial charge is 0.308 e. The first-order valence-corrected chi connectivity index (χ1v) is 10.3. The van der Waals surface area contributed by atoms with Crippen LogP contribution in [0.25, 0.3) is 0 Å². The molecule has 0 saturated carbocycles. The van der Waals surface area contributed by atoms with E-state index in [2.05, 4.69) is 5.32 Å². The molecule has 2 rings (SSSR count). The van der Waals surface area contributed by atoms with Gasteiger partial charge >= 0.3 is 5.97 Å². The Morgan fingerprint density at radius 1 is 1.00 bits per heavy atom. The van der Waals surface area contributed by atoms with Crippen molar-refractivity contribution in [2.24, 2.45) is 5.92 Å². The Hall–Kier alpha value is -2.67. The van der Waals surface area contributed by atoms with Crippen LogP contribution >= 0.6 is 0 Å². The highest BCUT2D eigenvalue weighted by molar-refractivity contribution is 7.91. The van der Waals surface area contributed by atoms with E-state index in [4.69, 9.17) is 0 Å². The summed E-state index contributed by atoms with van der Waals surface area (Å²) in [5.74, 6) is -1.97. The number of carboxylic acids is 1. The Balaban J connectivity index is 1.91. The molecule has 7 heteroatoms. The molecule has 6 nitrogen and oxygen atoms in total. The van der Waals surface area contributed by atoms with Crippen LogP contribution in [0, 0.1) is 5.92 Å². The van der Waals surface area contributed by atoms with Crippen LogP contribution < -0.4 is 5.32 Å². The lowest BCUT2D eigenvalue weighted by Crippen LogP contribution is -2.34. The van der Waals surface area contributed by atoms with Gasteiger partial charge in [0.15, 0.2) is 9.84 Å². The standard InChI is InChI=1S/C20H23NO5S/c1-2-27(25,26)18-10-8-16(9-11-18)13-19(22)21-14-17(20(23)24)12-15-6-4-3-5-7-15/h3-11,17H,2,12-14H2,1H3,(H,21,22)(H,23,24). The zero-order valence-electron chi connectivity index (χ0n) is 15.1. The molecule has 27 heavy (non-hydrogen) atoms. The molecule has 0 radical (unpaired) electrons. The third-order valence-electron chi connectivity index (χ3n) is 4.25. The molecule has 1 unspecified atom stereocenters. The number of amides is 1. The van der Waals surface area contributed by atoms with E-state index < -0.39 is 21.7 Å². The summed E-state index contributed by atoms with van der Waals surface area (Å²) in [6.07, 6.45) is 0.393. The molecule has 0 aliphatic rings. The predicted octanol–water partition coefficient (Wildman–Crippen LogP) is 2.08. The molecular weight excluding hydrogens is 366 g/mol. The van der Waals surface area contributed by atoms with E-state index in [1.54, 1.807) is 19.1 Å². The van der Waals surface area contributed by atoms with Crippen LogP contribution in [0.1, 0.15) is 18.1 Å². The molecule has 1 amide bonds. The maximum atomic E-state index is 12.1. The van der Waals surface area contributed by atoms with E-state index in [9.17, 15) is 23.1 Å². The molecule has 1 atom stereocenters. The van der Waals surface area contributed by atoms with Crippen LogP contribution in [0.2, 0.25) is 0 Å². The molecule has 2 aromatic carbocycles. The van der Waals surface area contributed by atoms with Crippen molar-refractivity contribution in [3.8, 4) is 0 Å². The van der Waals surface area contributed by atoms with E-state index in [1.165, 1.54) is 12.1 Å². The minimum Gasteiger partial charge on any atom is -0.481 e. The number of carbonyl (C=O) groups is 2. The highest BCUT2D eigenvalue weighted by atomic mass is 32.2. The summed E-state index contributed by atoms with van der Waals surface area (Å²) in [4.78, 5) is 23.8. The minimum atomic E-state index is -3.27. The van der Waals surface area contributed by atoms with Crippen molar-refractivity contribution in [3.63, 3.8) is 0 Å². The van der Waals surface area contributed by atoms with Crippen molar-refractivity contribution in [1.82, 2.24) is 5.32 Å². The molecule has 0 aromatic heterocycles. The van der Waals surface area contributed by atoms with Gasteiger partial charge in [-0.2, -0.15) is 0 Å². The molecule has 0 aliphatic heterocycles. The first-order chi connectivity index (χ1) is 12.8. The molecule has 0 saturated heterocycles. The number of carboxylic acid groups (broad SMARTS) is 1. The maximum absolute atomic E-state index is 12.1. The van der Waals surface area contributed by atoms with E-state index >= 15 is 0 Å². The summed E-state index contributed by atoms with van der Waals surface area (Å²) >= 11 is 0. The predicted molar refractivity (Wildman–Crippen MR) is 102 cm³/mol. The average Bonchev–Trinajstić information content (AvgIpc) is 2.66. The second-order valence-electron chi connectivity index (χ2n) is 6.25. The first-order valence-electron chi connectivity index (χ1n) is 8.67. The molecule has 0 fully saturated rings. The van der Waals surface area contributed by atoms with Gasteiger partial charge in [0.25, 0.3) is 0 Å². The van der Waals surface area contributed by atoms with Crippen molar-refractivity contribution in [2.75, 3.05) is 12.3 Å². The molecule has 0 aliphatic carbocycles. The summed E-state index contributed by atoms with van der Waals surface area (Å²) in [5, 5.41) is 12.0. The second-order valence-corrected chi connectivity index (χ2v) is 8.53. The highest BCUT2D eigenvalue weighted by Crippen LogP contribution is 2.13. The third-order valence-corrected chi connectivity index (χ3v) is 6.00. The van der Waals surface area contributed by atoms with E-state index in [1.807, 2.05) is 30.3 Å². The van der Waals surface area contributed by atoms with Crippen LogP contribution in [-0.4, -0.2) is 37.7 Å². The van der Waals surface area contributed by atoms with E-state index in [0.717, 1.165) is 5.56 Å². The number of nitrogens with one attached hydrogen (secondary N) is 1.